The molecule has 1 aliphatic rings. The summed E-state index contributed by atoms with van der Waals surface area (Å²) in [5, 5.41) is 14.7. The molecule has 12 nitrogen and oxygen atoms in total. The molecule has 2 heterocycles. The molecule has 0 unspecified atom stereocenters. The van der Waals surface area contributed by atoms with Gasteiger partial charge in [-0.1, -0.05) is 29.4 Å². The number of ether oxygens (including phenoxy) is 1. The average Bonchev–Trinajstić information content (AvgIpc) is 3.34. The first-order valence-electron chi connectivity index (χ1n) is 9.40. The zero-order valence-electron chi connectivity index (χ0n) is 16.6. The molecule has 4 rings (SSSR count). The van der Waals surface area contributed by atoms with Gasteiger partial charge in [0.1, 0.15) is 12.3 Å². The molecule has 0 aliphatic carbocycles. The van der Waals surface area contributed by atoms with Crippen LogP contribution >= 0.6 is 0 Å². The number of aromatic nitrogens is 2. The molecule has 0 spiro atoms. The largest absolute Gasteiger partial charge is 0.492 e. The summed E-state index contributed by atoms with van der Waals surface area (Å²) in [6.45, 7) is 1.60. The van der Waals surface area contributed by atoms with Crippen LogP contribution in [0.25, 0.3) is 11.4 Å². The van der Waals surface area contributed by atoms with Gasteiger partial charge in [0.25, 0.3) is 5.69 Å². The standard InChI is InChI=1S/C20H15N5O7/c1-2-31-15-9-4-3-8-14(15)24-19(27)18(26)23(20(24)28)11-16-21-17(22-32-16)12-6-5-7-13(10-12)25(29)30/h3-10H,2,11H2,1H3. The number of para-hydroxylation sites is 2. The lowest BCUT2D eigenvalue weighted by atomic mass is 10.2. The summed E-state index contributed by atoms with van der Waals surface area (Å²) in [6.07, 6.45) is 0. The lowest BCUT2D eigenvalue weighted by Gasteiger charge is -2.17. The van der Waals surface area contributed by atoms with E-state index in [1.54, 1.807) is 31.2 Å². The molecule has 12 heteroatoms. The maximum atomic E-state index is 12.9. The van der Waals surface area contributed by atoms with Crippen molar-refractivity contribution >= 4 is 29.2 Å². The Kier molecular flexibility index (Phi) is 5.33. The second kappa shape index (κ2) is 8.26. The number of urea groups is 1. The van der Waals surface area contributed by atoms with E-state index in [-0.39, 0.29) is 28.8 Å². The van der Waals surface area contributed by atoms with E-state index in [1.165, 1.54) is 24.3 Å². The first-order valence-corrected chi connectivity index (χ1v) is 9.40. The summed E-state index contributed by atoms with van der Waals surface area (Å²) >= 11 is 0. The molecule has 32 heavy (non-hydrogen) atoms. The van der Waals surface area contributed by atoms with Crippen LogP contribution in [0.1, 0.15) is 12.8 Å². The van der Waals surface area contributed by atoms with Gasteiger partial charge in [-0.3, -0.25) is 19.7 Å². The van der Waals surface area contributed by atoms with Crippen LogP contribution in [0.2, 0.25) is 0 Å². The van der Waals surface area contributed by atoms with Crippen LogP contribution in [0.3, 0.4) is 0 Å². The van der Waals surface area contributed by atoms with E-state index in [0.717, 1.165) is 4.90 Å². The summed E-state index contributed by atoms with van der Waals surface area (Å²) in [5.74, 6) is -1.91. The summed E-state index contributed by atoms with van der Waals surface area (Å²) in [4.78, 5) is 53.8. The van der Waals surface area contributed by atoms with E-state index in [2.05, 4.69) is 10.1 Å². The zero-order chi connectivity index (χ0) is 22.8. The quantitative estimate of drug-likeness (QED) is 0.235. The Labute approximate surface area is 180 Å². The number of carbonyl (C=O) groups excluding carboxylic acids is 3. The second-order valence-corrected chi connectivity index (χ2v) is 6.53. The first kappa shape index (κ1) is 20.7. The van der Waals surface area contributed by atoms with Gasteiger partial charge >= 0.3 is 17.8 Å². The molecule has 1 aliphatic heterocycles. The minimum Gasteiger partial charge on any atom is -0.492 e. The Hall–Kier alpha value is -4.61. The second-order valence-electron chi connectivity index (χ2n) is 6.53. The SMILES string of the molecule is CCOc1ccccc1N1C(=O)C(=O)N(Cc2nc(-c3cccc([N+](=O)[O-])c3)no2)C1=O. The van der Waals surface area contributed by atoms with Crippen molar-refractivity contribution in [2.45, 2.75) is 13.5 Å². The Bertz CT molecular complexity index is 1240. The number of nitrogens with zero attached hydrogens (tertiary/aromatic N) is 5. The Morgan fingerprint density at radius 3 is 2.62 bits per heavy atom. The summed E-state index contributed by atoms with van der Waals surface area (Å²) in [6, 6.07) is 11.0. The third kappa shape index (κ3) is 3.64. The molecule has 2 aromatic carbocycles. The summed E-state index contributed by atoms with van der Waals surface area (Å²) in [7, 11) is 0. The van der Waals surface area contributed by atoms with Crippen molar-refractivity contribution in [3.63, 3.8) is 0 Å². The minimum absolute atomic E-state index is 0.0349. The third-order valence-electron chi connectivity index (χ3n) is 4.54. The summed E-state index contributed by atoms with van der Waals surface area (Å²) in [5.41, 5.74) is 0.299. The minimum atomic E-state index is -1.06. The van der Waals surface area contributed by atoms with Crippen LogP contribution in [0.5, 0.6) is 5.75 Å². The number of non-ortho nitro benzene ring substituents is 1. The smallest absolute Gasteiger partial charge is 0.339 e. The Morgan fingerprint density at radius 1 is 1.09 bits per heavy atom. The number of hydrogen-bond donors (Lipinski definition) is 0. The molecule has 1 fully saturated rings. The maximum Gasteiger partial charge on any atom is 0.339 e. The third-order valence-corrected chi connectivity index (χ3v) is 4.54. The zero-order valence-corrected chi connectivity index (χ0v) is 16.6. The Balaban J connectivity index is 1.58. The molecule has 0 bridgehead atoms. The molecular formula is C20H15N5O7. The fourth-order valence-electron chi connectivity index (χ4n) is 3.11. The van der Waals surface area contributed by atoms with Crippen molar-refractivity contribution in [3.8, 4) is 17.1 Å². The van der Waals surface area contributed by atoms with Crippen LogP contribution in [0, 0.1) is 10.1 Å². The average molecular weight is 437 g/mol. The van der Waals surface area contributed by atoms with E-state index >= 15 is 0 Å². The molecule has 162 valence electrons. The number of carbonyl (C=O) groups is 3. The fourth-order valence-corrected chi connectivity index (χ4v) is 3.11. The molecule has 3 aromatic rings. The van der Waals surface area contributed by atoms with Gasteiger partial charge in [-0.2, -0.15) is 4.98 Å². The number of hydrogen-bond acceptors (Lipinski definition) is 9. The number of rotatable bonds is 7. The molecular weight excluding hydrogens is 422 g/mol. The highest BCUT2D eigenvalue weighted by molar-refractivity contribution is 6.52. The molecule has 0 radical (unpaired) electrons. The number of anilines is 1. The lowest BCUT2D eigenvalue weighted by molar-refractivity contribution is -0.384. The topological polar surface area (TPSA) is 149 Å². The number of amides is 4. The van der Waals surface area contributed by atoms with Gasteiger partial charge in [-0.15, -0.1) is 0 Å². The lowest BCUT2D eigenvalue weighted by Crippen LogP contribution is -2.33. The van der Waals surface area contributed by atoms with E-state index < -0.39 is 29.3 Å². The predicted molar refractivity (Wildman–Crippen MR) is 107 cm³/mol. The van der Waals surface area contributed by atoms with Crippen LogP contribution < -0.4 is 9.64 Å². The first-order chi connectivity index (χ1) is 15.4. The van der Waals surface area contributed by atoms with Crippen LogP contribution in [0.15, 0.2) is 53.1 Å². The van der Waals surface area contributed by atoms with Gasteiger partial charge in [0.15, 0.2) is 0 Å². The van der Waals surface area contributed by atoms with Gasteiger partial charge in [0, 0.05) is 17.7 Å². The molecule has 1 aromatic heterocycles. The van der Waals surface area contributed by atoms with Gasteiger partial charge in [-0.25, -0.2) is 14.6 Å². The van der Waals surface area contributed by atoms with Crippen molar-refractivity contribution < 1.29 is 28.6 Å². The highest BCUT2D eigenvalue weighted by Gasteiger charge is 2.47. The molecule has 0 atom stereocenters. The summed E-state index contributed by atoms with van der Waals surface area (Å²) < 4.78 is 10.5. The van der Waals surface area contributed by atoms with E-state index in [4.69, 9.17) is 9.26 Å². The maximum absolute atomic E-state index is 12.9. The monoisotopic (exact) mass is 437 g/mol. The highest BCUT2D eigenvalue weighted by atomic mass is 16.6. The number of nitro groups is 1. The number of benzene rings is 2. The van der Waals surface area contributed by atoms with Crippen molar-refractivity contribution in [2.24, 2.45) is 0 Å². The highest BCUT2D eigenvalue weighted by Crippen LogP contribution is 2.32. The van der Waals surface area contributed by atoms with Crippen LogP contribution in [0.4, 0.5) is 16.2 Å². The van der Waals surface area contributed by atoms with Crippen LogP contribution in [-0.4, -0.2) is 44.4 Å². The molecule has 0 N–H and O–H groups in total. The van der Waals surface area contributed by atoms with Gasteiger partial charge < -0.3 is 9.26 Å². The van der Waals surface area contributed by atoms with Crippen molar-refractivity contribution in [1.29, 1.82) is 0 Å². The number of nitro benzene ring substituents is 1. The van der Waals surface area contributed by atoms with Crippen molar-refractivity contribution in [3.05, 3.63) is 64.5 Å². The fraction of sp³-hybridized carbons (Fsp3) is 0.150. The molecule has 1 saturated heterocycles. The van der Waals surface area contributed by atoms with Gasteiger partial charge in [0.2, 0.25) is 11.7 Å². The normalized spacial score (nSPS) is 13.7. The molecule has 0 saturated carbocycles. The van der Waals surface area contributed by atoms with E-state index in [0.29, 0.717) is 17.1 Å². The molecule has 4 amide bonds. The van der Waals surface area contributed by atoms with Crippen molar-refractivity contribution in [1.82, 2.24) is 15.0 Å². The van der Waals surface area contributed by atoms with Gasteiger partial charge in [-0.05, 0) is 19.1 Å². The van der Waals surface area contributed by atoms with Crippen molar-refractivity contribution in [2.75, 3.05) is 11.5 Å². The van der Waals surface area contributed by atoms with Gasteiger partial charge in [0.05, 0.1) is 17.2 Å². The predicted octanol–water partition coefficient (Wildman–Crippen LogP) is 2.54. The van der Waals surface area contributed by atoms with Crippen LogP contribution in [-0.2, 0) is 16.1 Å². The number of imide groups is 2. The Morgan fingerprint density at radius 2 is 1.88 bits per heavy atom. The van der Waals surface area contributed by atoms with E-state index in [1.807, 2.05) is 0 Å². The van der Waals surface area contributed by atoms with E-state index in [9.17, 15) is 24.5 Å².